The Morgan fingerprint density at radius 3 is 2.59 bits per heavy atom. The summed E-state index contributed by atoms with van der Waals surface area (Å²) < 4.78 is 16.9. The molecule has 2 aromatic carbocycles. The third kappa shape index (κ3) is 4.25. The highest BCUT2D eigenvalue weighted by molar-refractivity contribution is 5.78. The zero-order valence-electron chi connectivity index (χ0n) is 16.6. The molecule has 148 valence electrons. The molecule has 2 aromatic heterocycles. The van der Waals surface area contributed by atoms with Crippen LogP contribution in [-0.4, -0.2) is 25.7 Å². The Balaban J connectivity index is 1.53. The van der Waals surface area contributed by atoms with Crippen LogP contribution in [0.3, 0.4) is 0 Å². The first kappa shape index (κ1) is 19.0. The number of para-hydroxylation sites is 1. The number of benzene rings is 2. The summed E-state index contributed by atoms with van der Waals surface area (Å²) in [5.41, 5.74) is 3.13. The maximum absolute atomic E-state index is 6.13. The Hall–Kier alpha value is -3.31. The molecule has 5 nitrogen and oxygen atoms in total. The van der Waals surface area contributed by atoms with Crippen LogP contribution in [0.5, 0.6) is 11.5 Å². The molecule has 0 bridgehead atoms. The van der Waals surface area contributed by atoms with Crippen molar-refractivity contribution in [3.8, 4) is 11.5 Å². The molecule has 0 aliphatic rings. The van der Waals surface area contributed by atoms with E-state index in [2.05, 4.69) is 34.6 Å². The number of rotatable bonds is 8. The van der Waals surface area contributed by atoms with Gasteiger partial charge in [0.2, 0.25) is 0 Å². The molecule has 2 heterocycles. The molecule has 0 fully saturated rings. The Kier molecular flexibility index (Phi) is 5.77. The lowest BCUT2D eigenvalue weighted by atomic mass is 10.1. The average Bonchev–Trinajstić information content (AvgIpc) is 3.21. The number of furan rings is 1. The van der Waals surface area contributed by atoms with Crippen molar-refractivity contribution in [2.75, 3.05) is 20.8 Å². The van der Waals surface area contributed by atoms with E-state index in [1.165, 1.54) is 5.56 Å². The highest BCUT2D eigenvalue weighted by Gasteiger charge is 2.18. The van der Waals surface area contributed by atoms with Crippen molar-refractivity contribution in [2.24, 2.45) is 0 Å². The first-order valence-electron chi connectivity index (χ1n) is 9.61. The number of ether oxygens (including phenoxy) is 2. The molecule has 0 radical (unpaired) electrons. The van der Waals surface area contributed by atoms with Crippen molar-refractivity contribution in [3.63, 3.8) is 0 Å². The van der Waals surface area contributed by atoms with Crippen molar-refractivity contribution in [2.45, 2.75) is 12.5 Å². The van der Waals surface area contributed by atoms with Crippen molar-refractivity contribution >= 4 is 11.0 Å². The van der Waals surface area contributed by atoms with Crippen LogP contribution in [0.1, 0.15) is 22.9 Å². The van der Waals surface area contributed by atoms with E-state index in [1.807, 2.05) is 42.6 Å². The van der Waals surface area contributed by atoms with Gasteiger partial charge in [-0.05, 0) is 47.9 Å². The minimum atomic E-state index is -0.0729. The number of fused-ring (bicyclic) bond motifs is 1. The van der Waals surface area contributed by atoms with E-state index < -0.39 is 0 Å². The van der Waals surface area contributed by atoms with Gasteiger partial charge in [-0.2, -0.15) is 0 Å². The van der Waals surface area contributed by atoms with E-state index in [0.29, 0.717) is 0 Å². The van der Waals surface area contributed by atoms with Gasteiger partial charge in [-0.1, -0.05) is 30.3 Å². The largest absolute Gasteiger partial charge is 0.493 e. The van der Waals surface area contributed by atoms with Gasteiger partial charge >= 0.3 is 0 Å². The first-order valence-corrected chi connectivity index (χ1v) is 9.61. The minimum Gasteiger partial charge on any atom is -0.493 e. The topological polar surface area (TPSA) is 56.5 Å². The molecule has 0 aliphatic carbocycles. The van der Waals surface area contributed by atoms with E-state index >= 15 is 0 Å². The van der Waals surface area contributed by atoms with E-state index in [4.69, 9.17) is 13.9 Å². The summed E-state index contributed by atoms with van der Waals surface area (Å²) in [7, 11) is 3.30. The van der Waals surface area contributed by atoms with Crippen LogP contribution >= 0.6 is 0 Å². The predicted octanol–water partition coefficient (Wildman–Crippen LogP) is 4.77. The van der Waals surface area contributed by atoms with Crippen LogP contribution in [0.2, 0.25) is 0 Å². The lowest BCUT2D eigenvalue weighted by Crippen LogP contribution is -2.24. The van der Waals surface area contributed by atoms with Gasteiger partial charge in [0.05, 0.1) is 20.3 Å². The molecule has 4 rings (SSSR count). The van der Waals surface area contributed by atoms with Gasteiger partial charge in [0.15, 0.2) is 11.5 Å². The van der Waals surface area contributed by atoms with Crippen molar-refractivity contribution in [3.05, 3.63) is 89.9 Å². The summed E-state index contributed by atoms with van der Waals surface area (Å²) in [5, 5.41) is 4.72. The Morgan fingerprint density at radius 2 is 1.83 bits per heavy atom. The monoisotopic (exact) mass is 388 g/mol. The second-order valence-corrected chi connectivity index (χ2v) is 6.80. The smallest absolute Gasteiger partial charge is 0.160 e. The third-order valence-electron chi connectivity index (χ3n) is 4.96. The highest BCUT2D eigenvalue weighted by Crippen LogP contribution is 2.29. The van der Waals surface area contributed by atoms with Crippen LogP contribution in [0, 0.1) is 0 Å². The second-order valence-electron chi connectivity index (χ2n) is 6.80. The van der Waals surface area contributed by atoms with Crippen molar-refractivity contribution < 1.29 is 13.9 Å². The summed E-state index contributed by atoms with van der Waals surface area (Å²) in [4.78, 5) is 4.28. The van der Waals surface area contributed by atoms with E-state index in [0.717, 1.165) is 46.8 Å². The van der Waals surface area contributed by atoms with Crippen LogP contribution < -0.4 is 14.8 Å². The molecule has 0 amide bonds. The molecule has 1 atom stereocenters. The van der Waals surface area contributed by atoms with Crippen LogP contribution in [-0.2, 0) is 6.42 Å². The Bertz CT molecular complexity index is 1040. The third-order valence-corrected chi connectivity index (χ3v) is 4.96. The summed E-state index contributed by atoms with van der Waals surface area (Å²) in [6.07, 6.45) is 4.50. The molecule has 0 spiro atoms. The average molecular weight is 388 g/mol. The molecular formula is C24H24N2O3. The van der Waals surface area contributed by atoms with E-state index in [-0.39, 0.29) is 6.04 Å². The van der Waals surface area contributed by atoms with E-state index in [9.17, 15) is 0 Å². The van der Waals surface area contributed by atoms with Crippen molar-refractivity contribution in [1.82, 2.24) is 10.3 Å². The summed E-state index contributed by atoms with van der Waals surface area (Å²) in [6.45, 7) is 0.770. The second kappa shape index (κ2) is 8.80. The molecule has 5 heteroatoms. The molecular weight excluding hydrogens is 364 g/mol. The maximum atomic E-state index is 6.13. The van der Waals surface area contributed by atoms with Gasteiger partial charge in [0.25, 0.3) is 0 Å². The number of nitrogens with zero attached hydrogens (tertiary/aromatic N) is 1. The molecule has 29 heavy (non-hydrogen) atoms. The number of nitrogens with one attached hydrogen (secondary N) is 1. The summed E-state index contributed by atoms with van der Waals surface area (Å²) in [5.74, 6) is 2.36. The van der Waals surface area contributed by atoms with Gasteiger partial charge in [-0.3, -0.25) is 4.98 Å². The Morgan fingerprint density at radius 1 is 0.966 bits per heavy atom. The molecule has 0 saturated carbocycles. The predicted molar refractivity (Wildman–Crippen MR) is 114 cm³/mol. The summed E-state index contributed by atoms with van der Waals surface area (Å²) >= 11 is 0. The lowest BCUT2D eigenvalue weighted by molar-refractivity contribution is 0.354. The first-order chi connectivity index (χ1) is 14.3. The molecule has 4 aromatic rings. The fraction of sp³-hybridized carbons (Fsp3) is 0.208. The number of aromatic nitrogens is 1. The summed E-state index contributed by atoms with van der Waals surface area (Å²) in [6, 6.07) is 20.1. The molecule has 1 N–H and O–H groups in total. The molecule has 0 aliphatic heterocycles. The van der Waals surface area contributed by atoms with Crippen LogP contribution in [0.25, 0.3) is 11.0 Å². The molecule has 0 saturated heterocycles. The van der Waals surface area contributed by atoms with Gasteiger partial charge in [-0.15, -0.1) is 0 Å². The number of hydrogen-bond donors (Lipinski definition) is 1. The highest BCUT2D eigenvalue weighted by atomic mass is 16.5. The molecule has 0 unspecified atom stereocenters. The van der Waals surface area contributed by atoms with E-state index in [1.54, 1.807) is 20.4 Å². The van der Waals surface area contributed by atoms with Crippen molar-refractivity contribution in [1.29, 1.82) is 0 Å². The maximum Gasteiger partial charge on any atom is 0.160 e. The van der Waals surface area contributed by atoms with Gasteiger partial charge in [-0.25, -0.2) is 0 Å². The number of pyridine rings is 1. The normalized spacial score (nSPS) is 12.1. The van der Waals surface area contributed by atoms with Gasteiger partial charge in [0.1, 0.15) is 11.3 Å². The van der Waals surface area contributed by atoms with Crippen LogP contribution in [0.4, 0.5) is 0 Å². The fourth-order valence-corrected chi connectivity index (χ4v) is 3.47. The van der Waals surface area contributed by atoms with Gasteiger partial charge in [0, 0.05) is 24.3 Å². The minimum absolute atomic E-state index is 0.0729. The fourth-order valence-electron chi connectivity index (χ4n) is 3.47. The zero-order chi connectivity index (χ0) is 20.1. The van der Waals surface area contributed by atoms with Gasteiger partial charge < -0.3 is 19.2 Å². The van der Waals surface area contributed by atoms with Crippen LogP contribution in [0.15, 0.2) is 77.5 Å². The zero-order valence-corrected chi connectivity index (χ0v) is 16.6. The number of hydrogen-bond acceptors (Lipinski definition) is 5. The quantitative estimate of drug-likeness (QED) is 0.471. The standard InChI is InChI=1S/C24H24N2O3/c1-27-21-10-9-17(14-22(21)28-2)11-13-26-24(19-7-5-12-25-16-19)23-15-18-6-3-4-8-20(18)29-23/h3-10,12,14-16,24,26H,11,13H2,1-2H3/t24-/m0/s1. The SMILES string of the molecule is COc1ccc(CCN[C@@H](c2cccnc2)c2cc3ccccc3o2)cc1OC. The lowest BCUT2D eigenvalue weighted by Gasteiger charge is -2.17. The number of methoxy groups -OCH3 is 2. The Labute approximate surface area is 170 Å².